The predicted molar refractivity (Wildman–Crippen MR) is 250 cm³/mol. The summed E-state index contributed by atoms with van der Waals surface area (Å²) in [6.45, 7) is 9.97. The Bertz CT molecular complexity index is 2950. The van der Waals surface area contributed by atoms with Crippen molar-refractivity contribution in [2.24, 2.45) is 10.8 Å². The summed E-state index contributed by atoms with van der Waals surface area (Å²) in [5, 5.41) is 24.2. The molecule has 3 unspecified atom stereocenters. The van der Waals surface area contributed by atoms with Gasteiger partial charge in [0.1, 0.15) is 34.6 Å². The van der Waals surface area contributed by atoms with Crippen molar-refractivity contribution in [1.29, 1.82) is 0 Å². The standard InChI is InChI=1S/C51H56F2N10O4/c1-2-35-39(52)9-6-31-20-34(64)21-36(43(31)35)45-44(53)46-38(22-54-45)47(62-24-32-7-8-33(25-62)56-32)59-49(58-46)67-29-51(13-14-51)28-60-18-15-50(16-19-60)26-61(27-50)17-12-30-4-3-5-40-37(30)23-55-63(40)41-10-11-42(65)57-48(41)66/h3-6,9,20-23,32-33,41,56,64H,2,7-8,10-19,24-29H2,1H3,(H,57,65,66). The third kappa shape index (κ3) is 7.74. The molecule has 12 rings (SSSR count). The Kier molecular flexibility index (Phi) is 10.4. The highest BCUT2D eigenvalue weighted by Crippen LogP contribution is 2.49. The SMILES string of the molecule is CCc1c(F)ccc2cc(O)cc(-c3ncc4c(N5CC6CCC(C5)N6)nc(OCC5(CN6CCC7(CC6)CN(CCc6cccc8c6cnn8C6CCC(=O)NC6=O)C7)CC5)nc4c3F)c12. The summed E-state index contributed by atoms with van der Waals surface area (Å²) in [7, 11) is 0. The van der Waals surface area contributed by atoms with E-state index >= 15 is 8.78 Å². The zero-order valence-corrected chi connectivity index (χ0v) is 37.9. The number of carbonyl (C=O) groups excluding carboxylic acids is 2. The number of anilines is 1. The first-order valence-electron chi connectivity index (χ1n) is 24.2. The van der Waals surface area contributed by atoms with Crippen molar-refractivity contribution in [3.8, 4) is 23.0 Å². The zero-order chi connectivity index (χ0) is 45.6. The van der Waals surface area contributed by atoms with Gasteiger partial charge in [0.15, 0.2) is 5.82 Å². The van der Waals surface area contributed by atoms with Crippen LogP contribution in [0.1, 0.15) is 75.5 Å². The molecule has 1 aliphatic carbocycles. The maximum absolute atomic E-state index is 17.2. The Balaban J connectivity index is 0.715. The van der Waals surface area contributed by atoms with Crippen LogP contribution in [0.5, 0.6) is 11.8 Å². The van der Waals surface area contributed by atoms with E-state index in [1.807, 2.05) is 25.3 Å². The number of imide groups is 1. The molecule has 2 amide bonds. The smallest absolute Gasteiger partial charge is 0.319 e. The fourth-order valence-corrected chi connectivity index (χ4v) is 12.1. The second kappa shape index (κ2) is 16.4. The van der Waals surface area contributed by atoms with E-state index in [1.54, 1.807) is 23.0 Å². The Morgan fingerprint density at radius 2 is 1.73 bits per heavy atom. The maximum Gasteiger partial charge on any atom is 0.319 e. The van der Waals surface area contributed by atoms with Crippen molar-refractivity contribution in [2.45, 2.75) is 89.3 Å². The molecule has 3 atom stereocenters. The van der Waals surface area contributed by atoms with Gasteiger partial charge in [-0.05, 0) is 122 Å². The number of piperidine rings is 2. The van der Waals surface area contributed by atoms with Crippen LogP contribution in [0.15, 0.2) is 54.9 Å². The first-order valence-corrected chi connectivity index (χ1v) is 24.2. The second-order valence-corrected chi connectivity index (χ2v) is 20.5. The van der Waals surface area contributed by atoms with Crippen molar-refractivity contribution in [2.75, 3.05) is 63.9 Å². The first kappa shape index (κ1) is 42.5. The lowest BCUT2D eigenvalue weighted by molar-refractivity contribution is -0.135. The van der Waals surface area contributed by atoms with Gasteiger partial charge in [-0.2, -0.15) is 15.1 Å². The average molecular weight is 911 g/mol. The summed E-state index contributed by atoms with van der Waals surface area (Å²) < 4.78 is 40.7. The highest BCUT2D eigenvalue weighted by Gasteiger charge is 2.49. The van der Waals surface area contributed by atoms with E-state index < -0.39 is 11.9 Å². The van der Waals surface area contributed by atoms with E-state index in [9.17, 15) is 14.7 Å². The van der Waals surface area contributed by atoms with Crippen LogP contribution in [-0.2, 0) is 22.4 Å². The molecule has 5 aliphatic heterocycles. The number of fused-ring (bicyclic) bond motifs is 5. The third-order valence-electron chi connectivity index (χ3n) is 15.9. The van der Waals surface area contributed by atoms with Gasteiger partial charge in [-0.3, -0.25) is 24.6 Å². The number of benzene rings is 3. The maximum atomic E-state index is 17.2. The Labute approximate surface area is 387 Å². The number of aromatic nitrogens is 5. The number of halogens is 2. The first-order chi connectivity index (χ1) is 32.5. The fourth-order valence-electron chi connectivity index (χ4n) is 12.1. The number of nitrogens with one attached hydrogen (secondary N) is 2. The third-order valence-corrected chi connectivity index (χ3v) is 15.9. The van der Waals surface area contributed by atoms with Crippen LogP contribution < -0.4 is 20.3 Å². The number of phenolic OH excluding ortho intramolecular Hbond substituents is 1. The van der Waals surface area contributed by atoms with Gasteiger partial charge < -0.3 is 29.9 Å². The molecule has 1 saturated carbocycles. The summed E-state index contributed by atoms with van der Waals surface area (Å²) in [6.07, 6.45) is 12.1. The van der Waals surface area contributed by atoms with Crippen molar-refractivity contribution in [1.82, 2.24) is 45.2 Å². The number of nitrogens with zero attached hydrogens (tertiary/aromatic N) is 8. The van der Waals surface area contributed by atoms with Gasteiger partial charge in [0.25, 0.3) is 5.91 Å². The number of ether oxygens (including phenoxy) is 1. The van der Waals surface area contributed by atoms with Crippen LogP contribution in [0.4, 0.5) is 14.6 Å². The number of pyridine rings is 1. The molecule has 348 valence electrons. The molecular weight excluding hydrogens is 855 g/mol. The molecule has 6 fully saturated rings. The normalized spacial score (nSPS) is 23.6. The van der Waals surface area contributed by atoms with Crippen LogP contribution in [-0.4, -0.2) is 123 Å². The molecule has 2 bridgehead atoms. The summed E-state index contributed by atoms with van der Waals surface area (Å²) >= 11 is 0. The van der Waals surface area contributed by atoms with Crippen LogP contribution in [0, 0.1) is 22.5 Å². The number of piperazine rings is 1. The summed E-state index contributed by atoms with van der Waals surface area (Å²) in [4.78, 5) is 46.1. The minimum absolute atomic E-state index is 0.00443. The van der Waals surface area contributed by atoms with Crippen molar-refractivity contribution in [3.05, 3.63) is 77.6 Å². The second-order valence-electron chi connectivity index (χ2n) is 20.5. The van der Waals surface area contributed by atoms with Crippen LogP contribution >= 0.6 is 0 Å². The molecule has 8 heterocycles. The Hall–Kier alpha value is -5.84. The highest BCUT2D eigenvalue weighted by atomic mass is 19.1. The van der Waals surface area contributed by atoms with E-state index in [-0.39, 0.29) is 46.0 Å². The molecule has 0 radical (unpaired) electrons. The summed E-state index contributed by atoms with van der Waals surface area (Å²) in [6, 6.07) is 12.5. The molecule has 14 nitrogen and oxygen atoms in total. The molecule has 6 aliphatic rings. The fraction of sp³-hybridized carbons (Fsp3) is 0.490. The zero-order valence-electron chi connectivity index (χ0n) is 37.9. The van der Waals surface area contributed by atoms with Gasteiger partial charge in [-0.1, -0.05) is 25.1 Å². The topological polar surface area (TPSA) is 154 Å². The molecule has 5 saturated heterocycles. The van der Waals surface area contributed by atoms with Crippen molar-refractivity contribution < 1.29 is 28.2 Å². The van der Waals surface area contributed by atoms with Gasteiger partial charge in [0.2, 0.25) is 5.91 Å². The van der Waals surface area contributed by atoms with Gasteiger partial charge in [-0.25, -0.2) is 8.78 Å². The van der Waals surface area contributed by atoms with Crippen LogP contribution in [0.25, 0.3) is 43.8 Å². The van der Waals surface area contributed by atoms with E-state index in [2.05, 4.69) is 41.5 Å². The number of hydrogen-bond acceptors (Lipinski definition) is 12. The Morgan fingerprint density at radius 1 is 0.925 bits per heavy atom. The number of aromatic hydroxyl groups is 1. The quantitative estimate of drug-likeness (QED) is 0.116. The molecule has 67 heavy (non-hydrogen) atoms. The van der Waals surface area contributed by atoms with Gasteiger partial charge in [-0.15, -0.1) is 0 Å². The lowest BCUT2D eigenvalue weighted by Crippen LogP contribution is -2.60. The molecular formula is C51H56F2N10O4. The summed E-state index contributed by atoms with van der Waals surface area (Å²) in [5.74, 6) is -1.01. The highest BCUT2D eigenvalue weighted by molar-refractivity contribution is 6.02. The monoisotopic (exact) mass is 910 g/mol. The lowest BCUT2D eigenvalue weighted by atomic mass is 9.71. The molecule has 16 heteroatoms. The van der Waals surface area contributed by atoms with Gasteiger partial charge >= 0.3 is 6.01 Å². The average Bonchev–Trinajstić information content (AvgIpc) is 3.81. The minimum atomic E-state index is -0.656. The van der Waals surface area contributed by atoms with Crippen LogP contribution in [0.3, 0.4) is 0 Å². The number of phenols is 1. The number of hydrogen-bond donors (Lipinski definition) is 3. The van der Waals surface area contributed by atoms with Crippen molar-refractivity contribution in [3.63, 3.8) is 0 Å². The van der Waals surface area contributed by atoms with Crippen LogP contribution in [0.2, 0.25) is 0 Å². The predicted octanol–water partition coefficient (Wildman–Crippen LogP) is 6.46. The Morgan fingerprint density at radius 3 is 2.49 bits per heavy atom. The molecule has 3 aromatic carbocycles. The van der Waals surface area contributed by atoms with Gasteiger partial charge in [0, 0.05) is 80.3 Å². The number of likely N-dealkylation sites (tertiary alicyclic amines) is 2. The minimum Gasteiger partial charge on any atom is -0.508 e. The number of rotatable bonds is 12. The van der Waals surface area contributed by atoms with E-state index in [1.165, 1.54) is 17.7 Å². The lowest BCUT2D eigenvalue weighted by Gasteiger charge is -2.54. The van der Waals surface area contributed by atoms with Crippen molar-refractivity contribution >= 4 is 50.2 Å². The van der Waals surface area contributed by atoms with Gasteiger partial charge in [0.05, 0.1) is 23.7 Å². The molecule has 6 aromatic rings. The number of amides is 2. The molecule has 3 N–H and O–H groups in total. The van der Waals surface area contributed by atoms with E-state index in [0.29, 0.717) is 76.5 Å². The largest absolute Gasteiger partial charge is 0.508 e. The number of carbonyl (C=O) groups is 2. The van der Waals surface area contributed by atoms with E-state index in [0.717, 1.165) is 108 Å². The number of aryl methyl sites for hydroxylation is 1. The molecule has 3 aromatic heterocycles. The van der Waals surface area contributed by atoms with E-state index in [4.69, 9.17) is 14.7 Å². The summed E-state index contributed by atoms with van der Waals surface area (Å²) in [5.41, 5.74) is 3.33. The molecule has 1 spiro atoms.